The second-order valence-corrected chi connectivity index (χ2v) is 8.87. The lowest BCUT2D eigenvalue weighted by Crippen LogP contribution is -2.53. The molecule has 35 heavy (non-hydrogen) atoms. The number of carboxylic acid groups (broad SMARTS) is 1. The average molecular weight is 487 g/mol. The number of aromatic hydroxyl groups is 1. The lowest BCUT2D eigenvalue weighted by atomic mass is 9.81. The lowest BCUT2D eigenvalue weighted by molar-refractivity contribution is -0.143. The van der Waals surface area contributed by atoms with Gasteiger partial charge in [0.05, 0.1) is 26.7 Å². The molecule has 0 spiro atoms. The largest absolute Gasteiger partial charge is 0.504 e. The summed E-state index contributed by atoms with van der Waals surface area (Å²) in [7, 11) is 2.71. The number of anilines is 1. The molecule has 0 saturated carbocycles. The van der Waals surface area contributed by atoms with Crippen molar-refractivity contribution in [3.05, 3.63) is 54.1 Å². The second kappa shape index (κ2) is 12.2. The van der Waals surface area contributed by atoms with Crippen LogP contribution in [0.3, 0.4) is 0 Å². The number of carboxylic acids is 1. The van der Waals surface area contributed by atoms with E-state index in [0.29, 0.717) is 24.4 Å². The van der Waals surface area contributed by atoms with Gasteiger partial charge in [-0.05, 0) is 55.1 Å². The molecule has 0 heterocycles. The van der Waals surface area contributed by atoms with Crippen molar-refractivity contribution in [3.63, 3.8) is 0 Å². The van der Waals surface area contributed by atoms with Crippen LogP contribution in [0.5, 0.6) is 11.5 Å². The van der Waals surface area contributed by atoms with Gasteiger partial charge in [-0.1, -0.05) is 38.1 Å². The Morgan fingerprint density at radius 1 is 1.09 bits per heavy atom. The highest BCUT2D eigenvalue weighted by Crippen LogP contribution is 2.34. The zero-order chi connectivity index (χ0) is 26.2. The highest BCUT2D eigenvalue weighted by Gasteiger charge is 2.34. The number of methoxy groups -OCH3 is 2. The van der Waals surface area contributed by atoms with Crippen LogP contribution in [0.2, 0.25) is 0 Å². The number of nitrogens with zero attached hydrogens (tertiary/aromatic N) is 1. The first-order chi connectivity index (χ1) is 16.5. The molecule has 0 radical (unpaired) electrons. The van der Waals surface area contributed by atoms with Crippen LogP contribution >= 0.6 is 0 Å². The number of hydrogen-bond acceptors (Lipinski definition) is 7. The zero-order valence-corrected chi connectivity index (χ0v) is 20.8. The molecule has 2 rings (SSSR count). The minimum Gasteiger partial charge on any atom is -0.504 e. The highest BCUT2D eigenvalue weighted by atomic mass is 16.5. The van der Waals surface area contributed by atoms with Crippen molar-refractivity contribution in [2.75, 3.05) is 25.7 Å². The number of carbonyl (C=O) groups excluding carboxylic acids is 2. The minimum atomic E-state index is -1.14. The van der Waals surface area contributed by atoms with Crippen molar-refractivity contribution >= 4 is 23.5 Å². The number of nitrogens with one attached hydrogen (secondary N) is 1. The first-order valence-electron chi connectivity index (χ1n) is 11.3. The molecule has 9 nitrogen and oxygen atoms in total. The van der Waals surface area contributed by atoms with Crippen LogP contribution in [0.4, 0.5) is 5.69 Å². The van der Waals surface area contributed by atoms with Gasteiger partial charge in [-0.2, -0.15) is 0 Å². The Labute approximate surface area is 205 Å². The van der Waals surface area contributed by atoms with E-state index in [1.165, 1.54) is 26.0 Å². The number of carbonyl (C=O) groups is 3. The predicted octanol–water partition coefficient (Wildman–Crippen LogP) is 3.10. The van der Waals surface area contributed by atoms with E-state index >= 15 is 0 Å². The summed E-state index contributed by atoms with van der Waals surface area (Å²) in [6, 6.07) is 11.7. The maximum Gasteiger partial charge on any atom is 0.328 e. The third-order valence-corrected chi connectivity index (χ3v) is 5.98. The summed E-state index contributed by atoms with van der Waals surface area (Å²) in [6.45, 7) is 5.83. The maximum absolute atomic E-state index is 13.5. The van der Waals surface area contributed by atoms with Gasteiger partial charge in [0.2, 0.25) is 5.91 Å². The number of rotatable bonds is 12. The Kier molecular flexibility index (Phi) is 9.65. The molecule has 1 amide bonds. The number of esters is 1. The number of phenols is 1. The Morgan fingerprint density at radius 3 is 2.29 bits per heavy atom. The summed E-state index contributed by atoms with van der Waals surface area (Å²) < 4.78 is 9.93. The lowest BCUT2D eigenvalue weighted by Gasteiger charge is -2.32. The molecule has 9 heteroatoms. The molecule has 0 bridgehead atoms. The summed E-state index contributed by atoms with van der Waals surface area (Å²) in [5.41, 5.74) is 0.928. The third-order valence-electron chi connectivity index (χ3n) is 5.98. The fraction of sp³-hybridized carbons (Fsp3) is 0.423. The number of amides is 1. The van der Waals surface area contributed by atoms with E-state index < -0.39 is 41.8 Å². The van der Waals surface area contributed by atoms with E-state index in [4.69, 9.17) is 9.47 Å². The molecule has 2 aromatic carbocycles. The number of ether oxygens (including phenoxy) is 2. The molecular formula is C26H34N2O7. The highest BCUT2D eigenvalue weighted by molar-refractivity contribution is 6.03. The summed E-state index contributed by atoms with van der Waals surface area (Å²) in [6.07, 6.45) is 0.0832. The molecule has 190 valence electrons. The molecule has 0 fully saturated rings. The fourth-order valence-corrected chi connectivity index (χ4v) is 3.81. The van der Waals surface area contributed by atoms with Crippen LogP contribution in [0.25, 0.3) is 0 Å². The molecule has 3 N–H and O–H groups in total. The number of para-hydroxylation sites is 1. The molecule has 0 aliphatic rings. The Hall–Kier alpha value is -3.59. The summed E-state index contributed by atoms with van der Waals surface area (Å²) in [5, 5.41) is 22.7. The molecule has 0 aliphatic heterocycles. The monoisotopic (exact) mass is 486 g/mol. The normalized spacial score (nSPS) is 12.9. The van der Waals surface area contributed by atoms with Crippen molar-refractivity contribution < 1.29 is 34.1 Å². The first-order valence-corrected chi connectivity index (χ1v) is 11.3. The SMILES string of the molecule is COC(=O)C(C)N(C(=O)C(CC(=O)O)NCCC(C)(C)c1ccc(OC)c(O)c1)c1ccccc1. The van der Waals surface area contributed by atoms with Crippen molar-refractivity contribution in [1.29, 1.82) is 0 Å². The Bertz CT molecular complexity index is 1020. The quantitative estimate of drug-likeness (QED) is 0.391. The number of aliphatic carboxylic acids is 1. The van der Waals surface area contributed by atoms with E-state index in [1.807, 2.05) is 19.9 Å². The van der Waals surface area contributed by atoms with E-state index in [9.17, 15) is 24.6 Å². The first kappa shape index (κ1) is 27.7. The van der Waals surface area contributed by atoms with Crippen LogP contribution in [-0.4, -0.2) is 60.9 Å². The summed E-state index contributed by atoms with van der Waals surface area (Å²) in [4.78, 5) is 38.6. The molecule has 0 saturated heterocycles. The molecule has 2 aromatic rings. The third kappa shape index (κ3) is 7.19. The van der Waals surface area contributed by atoms with E-state index in [2.05, 4.69) is 5.32 Å². The zero-order valence-electron chi connectivity index (χ0n) is 20.8. The van der Waals surface area contributed by atoms with E-state index in [1.54, 1.807) is 42.5 Å². The van der Waals surface area contributed by atoms with Crippen molar-refractivity contribution in [2.24, 2.45) is 0 Å². The van der Waals surface area contributed by atoms with Crippen LogP contribution in [-0.2, 0) is 24.5 Å². The van der Waals surface area contributed by atoms with Crippen LogP contribution < -0.4 is 15.0 Å². The summed E-state index contributed by atoms with van der Waals surface area (Å²) >= 11 is 0. The predicted molar refractivity (Wildman–Crippen MR) is 132 cm³/mol. The maximum atomic E-state index is 13.5. The number of phenolic OH excluding ortho intramolecular Hbond substituents is 1. The molecule has 0 aromatic heterocycles. The van der Waals surface area contributed by atoms with Crippen molar-refractivity contribution in [2.45, 2.75) is 51.1 Å². The van der Waals surface area contributed by atoms with Gasteiger partial charge in [0.15, 0.2) is 11.5 Å². The number of benzene rings is 2. The fourth-order valence-electron chi connectivity index (χ4n) is 3.81. The van der Waals surface area contributed by atoms with E-state index in [0.717, 1.165) is 5.56 Å². The van der Waals surface area contributed by atoms with Crippen LogP contribution in [0.15, 0.2) is 48.5 Å². The summed E-state index contributed by atoms with van der Waals surface area (Å²) in [5.74, 6) is -1.90. The van der Waals surface area contributed by atoms with Crippen molar-refractivity contribution in [3.8, 4) is 11.5 Å². The van der Waals surface area contributed by atoms with Gasteiger partial charge in [-0.25, -0.2) is 4.79 Å². The second-order valence-electron chi connectivity index (χ2n) is 8.87. The van der Waals surface area contributed by atoms with Gasteiger partial charge in [0.25, 0.3) is 0 Å². The Morgan fingerprint density at radius 2 is 1.74 bits per heavy atom. The standard InChI is InChI=1S/C26H34N2O7/c1-17(25(33)35-5)28(19-9-7-6-8-10-19)24(32)20(16-23(30)31)27-14-13-26(2,3)18-11-12-22(34-4)21(29)15-18/h6-12,15,17,20,27,29H,13-14,16H2,1-5H3,(H,30,31). The molecule has 2 atom stereocenters. The minimum absolute atomic E-state index is 0.0280. The smallest absolute Gasteiger partial charge is 0.328 e. The van der Waals surface area contributed by atoms with Crippen LogP contribution in [0, 0.1) is 0 Å². The van der Waals surface area contributed by atoms with Crippen LogP contribution in [0.1, 0.15) is 39.2 Å². The number of hydrogen-bond donors (Lipinski definition) is 3. The van der Waals surface area contributed by atoms with Gasteiger partial charge in [0, 0.05) is 5.69 Å². The average Bonchev–Trinajstić information content (AvgIpc) is 2.83. The van der Waals surface area contributed by atoms with Gasteiger partial charge < -0.3 is 25.0 Å². The van der Waals surface area contributed by atoms with E-state index in [-0.39, 0.29) is 5.75 Å². The molecular weight excluding hydrogens is 452 g/mol. The Balaban J connectivity index is 2.23. The van der Waals surface area contributed by atoms with Gasteiger partial charge in [0.1, 0.15) is 6.04 Å². The topological polar surface area (TPSA) is 125 Å². The molecule has 0 aliphatic carbocycles. The molecule has 2 unspecified atom stereocenters. The van der Waals surface area contributed by atoms with Gasteiger partial charge in [-0.3, -0.25) is 14.5 Å². The van der Waals surface area contributed by atoms with Gasteiger partial charge in [-0.15, -0.1) is 0 Å². The van der Waals surface area contributed by atoms with Crippen molar-refractivity contribution in [1.82, 2.24) is 5.32 Å². The van der Waals surface area contributed by atoms with Gasteiger partial charge >= 0.3 is 11.9 Å².